The van der Waals surface area contributed by atoms with E-state index in [0.717, 1.165) is 11.1 Å². The molecular formula is C24H23NO6S. The predicted octanol–water partition coefficient (Wildman–Crippen LogP) is 4.46. The number of carbonyl (C=O) groups is 3. The van der Waals surface area contributed by atoms with Crippen LogP contribution in [0.15, 0.2) is 60.0 Å². The Morgan fingerprint density at radius 3 is 2.38 bits per heavy atom. The first-order chi connectivity index (χ1) is 15.5. The third-order valence-corrected chi connectivity index (χ3v) is 5.31. The Hall–Kier alpha value is -3.65. The van der Waals surface area contributed by atoms with E-state index in [0.29, 0.717) is 16.3 Å². The van der Waals surface area contributed by atoms with Gasteiger partial charge in [-0.2, -0.15) is 0 Å². The van der Waals surface area contributed by atoms with Crippen LogP contribution in [0, 0.1) is 6.92 Å². The molecule has 1 N–H and O–H groups in total. The number of anilines is 1. The van der Waals surface area contributed by atoms with Gasteiger partial charge < -0.3 is 19.5 Å². The van der Waals surface area contributed by atoms with Gasteiger partial charge in [0.05, 0.1) is 6.61 Å². The third-order valence-electron chi connectivity index (χ3n) is 4.41. The van der Waals surface area contributed by atoms with Crippen molar-refractivity contribution in [1.29, 1.82) is 0 Å². The van der Waals surface area contributed by atoms with Gasteiger partial charge in [0.25, 0.3) is 5.91 Å². The average molecular weight is 454 g/mol. The first kappa shape index (κ1) is 23.0. The van der Waals surface area contributed by atoms with E-state index in [2.05, 4.69) is 5.32 Å². The Bertz CT molecular complexity index is 1090. The maximum Gasteiger partial charge on any atom is 0.344 e. The van der Waals surface area contributed by atoms with Gasteiger partial charge >= 0.3 is 11.9 Å². The van der Waals surface area contributed by atoms with Crippen molar-refractivity contribution in [3.8, 4) is 16.9 Å². The Balaban J connectivity index is 1.62. The van der Waals surface area contributed by atoms with Crippen LogP contribution >= 0.6 is 11.3 Å². The molecule has 0 saturated carbocycles. The van der Waals surface area contributed by atoms with Crippen molar-refractivity contribution in [2.24, 2.45) is 0 Å². The Morgan fingerprint density at radius 2 is 1.66 bits per heavy atom. The zero-order chi connectivity index (χ0) is 22.9. The van der Waals surface area contributed by atoms with Gasteiger partial charge in [0.2, 0.25) is 0 Å². The third kappa shape index (κ3) is 5.95. The van der Waals surface area contributed by atoms with Crippen molar-refractivity contribution >= 4 is 34.2 Å². The maximum absolute atomic E-state index is 12.5. The number of benzene rings is 2. The summed E-state index contributed by atoms with van der Waals surface area (Å²) in [5.41, 5.74) is 2.64. The fourth-order valence-corrected chi connectivity index (χ4v) is 3.86. The van der Waals surface area contributed by atoms with Crippen LogP contribution in [-0.4, -0.2) is 37.7 Å². The first-order valence-corrected chi connectivity index (χ1v) is 10.9. The highest BCUT2D eigenvalue weighted by atomic mass is 32.1. The normalized spacial score (nSPS) is 10.3. The highest BCUT2D eigenvalue weighted by molar-refractivity contribution is 7.15. The van der Waals surface area contributed by atoms with Crippen molar-refractivity contribution in [1.82, 2.24) is 0 Å². The number of thiophene rings is 1. The van der Waals surface area contributed by atoms with Crippen molar-refractivity contribution in [3.63, 3.8) is 0 Å². The monoisotopic (exact) mass is 453 g/mol. The minimum Gasteiger partial charge on any atom is -0.482 e. The number of ether oxygens (including phenoxy) is 3. The first-order valence-electron chi connectivity index (χ1n) is 9.97. The molecule has 0 aliphatic heterocycles. The number of nitrogens with one attached hydrogen (secondary N) is 1. The average Bonchev–Trinajstić information content (AvgIpc) is 3.21. The maximum atomic E-state index is 12.5. The van der Waals surface area contributed by atoms with Crippen LogP contribution in [0.4, 0.5) is 5.00 Å². The van der Waals surface area contributed by atoms with Gasteiger partial charge in [-0.3, -0.25) is 4.79 Å². The summed E-state index contributed by atoms with van der Waals surface area (Å²) in [4.78, 5) is 36.8. The number of carbonyl (C=O) groups excluding carboxylic acids is 3. The second-order valence-corrected chi connectivity index (χ2v) is 7.58. The molecule has 0 unspecified atom stereocenters. The zero-order valence-electron chi connectivity index (χ0n) is 17.8. The number of rotatable bonds is 9. The summed E-state index contributed by atoms with van der Waals surface area (Å²) in [6.07, 6.45) is 0. The van der Waals surface area contributed by atoms with Crippen LogP contribution in [0.1, 0.15) is 22.8 Å². The van der Waals surface area contributed by atoms with E-state index in [9.17, 15) is 14.4 Å². The van der Waals surface area contributed by atoms with E-state index in [1.165, 1.54) is 11.3 Å². The van der Waals surface area contributed by atoms with E-state index in [-0.39, 0.29) is 18.8 Å². The van der Waals surface area contributed by atoms with Crippen LogP contribution in [-0.2, 0) is 19.1 Å². The van der Waals surface area contributed by atoms with Crippen molar-refractivity contribution in [2.75, 3.05) is 25.1 Å². The van der Waals surface area contributed by atoms with E-state index in [1.807, 2.05) is 49.4 Å². The number of para-hydroxylation sites is 1. The molecule has 0 atom stereocenters. The quantitative estimate of drug-likeness (QED) is 0.481. The van der Waals surface area contributed by atoms with Gasteiger partial charge in [-0.15, -0.1) is 11.3 Å². The molecule has 0 spiro atoms. The van der Waals surface area contributed by atoms with Crippen molar-refractivity contribution < 1.29 is 28.6 Å². The molecule has 3 aromatic rings. The number of hydrogen-bond acceptors (Lipinski definition) is 7. The van der Waals surface area contributed by atoms with Gasteiger partial charge in [0.1, 0.15) is 16.3 Å². The molecule has 1 aromatic heterocycles. The molecule has 166 valence electrons. The van der Waals surface area contributed by atoms with E-state index < -0.39 is 24.5 Å². The molecule has 3 rings (SSSR count). The summed E-state index contributed by atoms with van der Waals surface area (Å²) in [5, 5.41) is 4.75. The minimum absolute atomic E-state index is 0.203. The molecule has 8 heteroatoms. The summed E-state index contributed by atoms with van der Waals surface area (Å²) in [7, 11) is 0. The topological polar surface area (TPSA) is 90.9 Å². The Kier molecular flexibility index (Phi) is 7.99. The lowest BCUT2D eigenvalue weighted by Gasteiger charge is -2.10. The van der Waals surface area contributed by atoms with Gasteiger partial charge in [-0.1, -0.05) is 48.5 Å². The largest absolute Gasteiger partial charge is 0.482 e. The highest BCUT2D eigenvalue weighted by Crippen LogP contribution is 2.36. The number of aryl methyl sites for hydroxylation is 1. The minimum atomic E-state index is -0.676. The van der Waals surface area contributed by atoms with Gasteiger partial charge in [0, 0.05) is 10.9 Å². The van der Waals surface area contributed by atoms with Crippen molar-refractivity contribution in [2.45, 2.75) is 13.8 Å². The van der Waals surface area contributed by atoms with E-state index in [1.54, 1.807) is 24.4 Å². The molecular weight excluding hydrogens is 430 g/mol. The Morgan fingerprint density at radius 1 is 0.938 bits per heavy atom. The van der Waals surface area contributed by atoms with Gasteiger partial charge in [-0.25, -0.2) is 9.59 Å². The standard InChI is InChI=1S/C24H23NO6S/c1-3-29-24(28)22-18(17-10-5-4-6-11-17)15-32-23(22)25-20(26)13-31-21(27)14-30-19-12-8-7-9-16(19)2/h4-12,15H,3,13-14H2,1-2H3,(H,25,26). The lowest BCUT2D eigenvalue weighted by Crippen LogP contribution is -2.24. The molecule has 1 amide bonds. The molecule has 2 aromatic carbocycles. The fourth-order valence-electron chi connectivity index (χ4n) is 2.89. The van der Waals surface area contributed by atoms with Crippen LogP contribution in [0.3, 0.4) is 0 Å². The van der Waals surface area contributed by atoms with Crippen LogP contribution < -0.4 is 10.1 Å². The fraction of sp³-hybridized carbons (Fsp3) is 0.208. The molecule has 0 radical (unpaired) electrons. The summed E-state index contributed by atoms with van der Waals surface area (Å²) >= 11 is 1.20. The predicted molar refractivity (Wildman–Crippen MR) is 122 cm³/mol. The lowest BCUT2D eigenvalue weighted by molar-refractivity contribution is -0.149. The number of hydrogen-bond donors (Lipinski definition) is 1. The number of esters is 2. The number of amides is 1. The molecule has 1 heterocycles. The summed E-state index contributed by atoms with van der Waals surface area (Å²) in [5.74, 6) is -1.21. The molecule has 32 heavy (non-hydrogen) atoms. The van der Waals surface area contributed by atoms with Crippen LogP contribution in [0.25, 0.3) is 11.1 Å². The highest BCUT2D eigenvalue weighted by Gasteiger charge is 2.23. The molecule has 0 aliphatic rings. The zero-order valence-corrected chi connectivity index (χ0v) is 18.6. The van der Waals surface area contributed by atoms with E-state index in [4.69, 9.17) is 14.2 Å². The second kappa shape index (κ2) is 11.1. The lowest BCUT2D eigenvalue weighted by atomic mass is 10.0. The summed E-state index contributed by atoms with van der Waals surface area (Å²) in [6.45, 7) is 2.96. The smallest absolute Gasteiger partial charge is 0.344 e. The molecule has 7 nitrogen and oxygen atoms in total. The van der Waals surface area contributed by atoms with Crippen LogP contribution in [0.5, 0.6) is 5.75 Å². The van der Waals surface area contributed by atoms with Gasteiger partial charge in [-0.05, 0) is 31.0 Å². The van der Waals surface area contributed by atoms with Crippen LogP contribution in [0.2, 0.25) is 0 Å². The van der Waals surface area contributed by atoms with Gasteiger partial charge in [0.15, 0.2) is 13.2 Å². The molecule has 0 fully saturated rings. The SMILES string of the molecule is CCOC(=O)c1c(-c2ccccc2)csc1NC(=O)COC(=O)COc1ccccc1C. The molecule has 0 bridgehead atoms. The summed E-state index contributed by atoms with van der Waals surface area (Å²) < 4.78 is 15.6. The Labute approximate surface area is 189 Å². The molecule has 0 saturated heterocycles. The van der Waals surface area contributed by atoms with E-state index >= 15 is 0 Å². The van der Waals surface area contributed by atoms with Crippen molar-refractivity contribution in [3.05, 3.63) is 71.1 Å². The summed E-state index contributed by atoms with van der Waals surface area (Å²) in [6, 6.07) is 16.6. The molecule has 0 aliphatic carbocycles. The second-order valence-electron chi connectivity index (χ2n) is 6.70.